The van der Waals surface area contributed by atoms with Gasteiger partial charge < -0.3 is 19.9 Å². The highest BCUT2D eigenvalue weighted by atomic mass is 19.4. The van der Waals surface area contributed by atoms with Gasteiger partial charge in [-0.15, -0.1) is 0 Å². The first-order valence-electron chi connectivity index (χ1n) is 11.2. The van der Waals surface area contributed by atoms with Crippen LogP contribution in [-0.2, 0) is 10.9 Å². The highest BCUT2D eigenvalue weighted by Gasteiger charge is 2.35. The number of halogens is 3. The lowest BCUT2D eigenvalue weighted by molar-refractivity contribution is -0.138. The first kappa shape index (κ1) is 24.6. The normalized spacial score (nSPS) is 19.6. The fourth-order valence-electron chi connectivity index (χ4n) is 4.35. The molecule has 4 rings (SSSR count). The average Bonchev–Trinajstić information content (AvgIpc) is 2.77. The van der Waals surface area contributed by atoms with Gasteiger partial charge in [0.2, 0.25) is 0 Å². The summed E-state index contributed by atoms with van der Waals surface area (Å²) in [7, 11) is 0. The lowest BCUT2D eigenvalue weighted by Crippen LogP contribution is -2.48. The highest BCUT2D eigenvalue weighted by Crippen LogP contribution is 2.37. The van der Waals surface area contributed by atoms with Crippen molar-refractivity contribution < 1.29 is 22.7 Å². The molecule has 35 heavy (non-hydrogen) atoms. The van der Waals surface area contributed by atoms with Crippen LogP contribution in [0, 0.1) is 6.92 Å². The molecule has 0 saturated carbocycles. The molecule has 1 aliphatic heterocycles. The minimum absolute atomic E-state index is 0.0257. The van der Waals surface area contributed by atoms with Crippen molar-refractivity contribution in [3.8, 4) is 0 Å². The molecule has 2 N–H and O–H groups in total. The molecule has 1 fully saturated rings. The molecule has 0 aliphatic carbocycles. The molecule has 1 saturated heterocycles. The second-order valence-corrected chi connectivity index (χ2v) is 8.87. The molecule has 11 heteroatoms. The molecule has 1 amide bonds. The zero-order valence-electron chi connectivity index (χ0n) is 19.7. The second-order valence-electron chi connectivity index (χ2n) is 8.87. The monoisotopic (exact) mass is 489 g/mol. The number of aryl methyl sites for hydroxylation is 1. The van der Waals surface area contributed by atoms with Crippen LogP contribution in [0.1, 0.15) is 54.1 Å². The van der Waals surface area contributed by atoms with Gasteiger partial charge in [0.1, 0.15) is 11.6 Å². The number of amides is 1. The van der Waals surface area contributed by atoms with Crippen LogP contribution in [0.2, 0.25) is 0 Å². The number of anilines is 1. The number of fused-ring (bicyclic) bond motifs is 1. The average molecular weight is 489 g/mol. The van der Waals surface area contributed by atoms with E-state index in [9.17, 15) is 22.8 Å². The van der Waals surface area contributed by atoms with Crippen molar-refractivity contribution in [2.24, 2.45) is 0 Å². The summed E-state index contributed by atoms with van der Waals surface area (Å²) in [5, 5.41) is 3.00. The van der Waals surface area contributed by atoms with E-state index in [0.717, 1.165) is 6.07 Å². The predicted molar refractivity (Wildman–Crippen MR) is 124 cm³/mol. The maximum Gasteiger partial charge on any atom is 0.416 e. The van der Waals surface area contributed by atoms with E-state index in [4.69, 9.17) is 4.74 Å². The number of hydrogen-bond acceptors (Lipinski definition) is 6. The summed E-state index contributed by atoms with van der Waals surface area (Å²) in [6, 6.07) is 4.39. The second kappa shape index (κ2) is 9.29. The third kappa shape index (κ3) is 5.29. The summed E-state index contributed by atoms with van der Waals surface area (Å²) >= 11 is 0. The Balaban J connectivity index is 1.59. The number of pyridine rings is 1. The zero-order chi connectivity index (χ0) is 25.5. The number of ether oxygens (including phenoxy) is 1. The predicted octanol–water partition coefficient (Wildman–Crippen LogP) is 4.07. The number of benzene rings is 1. The molecule has 3 aromatic rings. The summed E-state index contributed by atoms with van der Waals surface area (Å²) in [5.74, 6) is 0.339. The maximum atomic E-state index is 13.8. The molecule has 3 heterocycles. The van der Waals surface area contributed by atoms with Crippen molar-refractivity contribution in [3.63, 3.8) is 0 Å². The Morgan fingerprint density at radius 2 is 1.91 bits per heavy atom. The van der Waals surface area contributed by atoms with E-state index < -0.39 is 23.3 Å². The summed E-state index contributed by atoms with van der Waals surface area (Å²) in [6.45, 7) is 7.78. The van der Waals surface area contributed by atoms with Crippen molar-refractivity contribution in [2.75, 3.05) is 18.4 Å². The van der Waals surface area contributed by atoms with Crippen molar-refractivity contribution in [2.45, 2.75) is 52.1 Å². The molecular formula is C24H26F3N5O3. The Hall–Kier alpha value is -3.47. The van der Waals surface area contributed by atoms with Gasteiger partial charge in [0, 0.05) is 19.3 Å². The van der Waals surface area contributed by atoms with Gasteiger partial charge in [-0.2, -0.15) is 13.2 Å². The molecule has 0 bridgehead atoms. The van der Waals surface area contributed by atoms with E-state index in [1.807, 2.05) is 13.8 Å². The van der Waals surface area contributed by atoms with E-state index in [2.05, 4.69) is 20.3 Å². The minimum Gasteiger partial charge on any atom is -0.372 e. The maximum absolute atomic E-state index is 13.8. The van der Waals surface area contributed by atoms with E-state index in [1.54, 1.807) is 24.0 Å². The third-order valence-electron chi connectivity index (χ3n) is 5.85. The van der Waals surface area contributed by atoms with Crippen LogP contribution in [0.15, 0.2) is 35.3 Å². The molecule has 0 radical (unpaired) electrons. The van der Waals surface area contributed by atoms with Crippen LogP contribution in [-0.4, -0.2) is 51.1 Å². The van der Waals surface area contributed by atoms with Crippen molar-refractivity contribution in [3.05, 3.63) is 63.3 Å². The van der Waals surface area contributed by atoms with Crippen LogP contribution in [0.5, 0.6) is 0 Å². The fourth-order valence-corrected chi connectivity index (χ4v) is 4.35. The van der Waals surface area contributed by atoms with E-state index in [1.165, 1.54) is 19.2 Å². The fraction of sp³-hybridized carbons (Fsp3) is 0.417. The molecule has 3 atom stereocenters. The first-order chi connectivity index (χ1) is 16.4. The number of aromatic nitrogens is 3. The number of aromatic amines is 1. The number of morpholine rings is 1. The van der Waals surface area contributed by atoms with Gasteiger partial charge in [-0.1, -0.05) is 0 Å². The minimum atomic E-state index is -4.65. The van der Waals surface area contributed by atoms with E-state index in [-0.39, 0.29) is 40.4 Å². The van der Waals surface area contributed by atoms with Gasteiger partial charge in [0.15, 0.2) is 0 Å². The van der Waals surface area contributed by atoms with Crippen molar-refractivity contribution in [1.82, 2.24) is 19.9 Å². The van der Waals surface area contributed by atoms with Crippen LogP contribution in [0.4, 0.5) is 19.0 Å². The number of hydrogen-bond donors (Lipinski definition) is 2. The topological polar surface area (TPSA) is 100 Å². The number of rotatable bonds is 4. The van der Waals surface area contributed by atoms with Crippen LogP contribution >= 0.6 is 0 Å². The highest BCUT2D eigenvalue weighted by molar-refractivity contribution is 5.94. The standard InChI is InChI=1S/C24H26F3N5O3/c1-12-10-32(11-13(2)35-12)23(34)16-5-6-21(28-9-16)29-14(3)17-7-18-20(8-19(17)24(25,26)27)30-15(4)31-22(18)33/h5-9,12-14H,10-11H2,1-4H3,(H,28,29)(H,30,31,33)/t12-,13+,14-/m1/s1. The van der Waals surface area contributed by atoms with Gasteiger partial charge in [-0.25, -0.2) is 9.97 Å². The SMILES string of the molecule is Cc1nc2cc(C(F)(F)F)c([C@@H](C)Nc3ccc(C(=O)N4C[C@@H](C)O[C@@H](C)C4)cn3)cc2c(=O)[nH]1. The van der Waals surface area contributed by atoms with Crippen LogP contribution in [0.3, 0.4) is 0 Å². The first-order valence-corrected chi connectivity index (χ1v) is 11.2. The summed E-state index contributed by atoms with van der Waals surface area (Å²) in [4.78, 5) is 37.6. The quantitative estimate of drug-likeness (QED) is 0.573. The summed E-state index contributed by atoms with van der Waals surface area (Å²) in [5.41, 5.74) is -1.16. The molecule has 1 aliphatic rings. The molecule has 1 aromatic carbocycles. The van der Waals surface area contributed by atoms with Crippen LogP contribution in [0.25, 0.3) is 10.9 Å². The number of carbonyl (C=O) groups is 1. The molecule has 0 spiro atoms. The Morgan fingerprint density at radius 1 is 1.23 bits per heavy atom. The van der Waals surface area contributed by atoms with Gasteiger partial charge in [-0.05, 0) is 57.5 Å². The van der Waals surface area contributed by atoms with Gasteiger partial charge in [-0.3, -0.25) is 9.59 Å². The largest absolute Gasteiger partial charge is 0.416 e. The molecule has 186 valence electrons. The number of carbonyl (C=O) groups excluding carboxylic acids is 1. The molecule has 0 unspecified atom stereocenters. The molecule has 8 nitrogen and oxygen atoms in total. The van der Waals surface area contributed by atoms with Gasteiger partial charge >= 0.3 is 6.18 Å². The Kier molecular flexibility index (Phi) is 6.54. The molecular weight excluding hydrogens is 463 g/mol. The van der Waals surface area contributed by atoms with E-state index >= 15 is 0 Å². The number of nitrogens with zero attached hydrogens (tertiary/aromatic N) is 3. The van der Waals surface area contributed by atoms with Gasteiger partial charge in [0.25, 0.3) is 11.5 Å². The van der Waals surface area contributed by atoms with Crippen molar-refractivity contribution >= 4 is 22.6 Å². The summed E-state index contributed by atoms with van der Waals surface area (Å²) in [6.07, 6.45) is -3.40. The Bertz CT molecular complexity index is 1300. The molecule has 2 aromatic heterocycles. The smallest absolute Gasteiger partial charge is 0.372 e. The lowest BCUT2D eigenvalue weighted by atomic mass is 9.98. The Morgan fingerprint density at radius 3 is 2.51 bits per heavy atom. The zero-order valence-corrected chi connectivity index (χ0v) is 19.7. The summed E-state index contributed by atoms with van der Waals surface area (Å²) < 4.78 is 47.2. The van der Waals surface area contributed by atoms with Crippen molar-refractivity contribution in [1.29, 1.82) is 0 Å². The number of H-pyrrole nitrogens is 1. The van der Waals surface area contributed by atoms with E-state index in [0.29, 0.717) is 24.5 Å². The third-order valence-corrected chi connectivity index (χ3v) is 5.85. The van der Waals surface area contributed by atoms with Crippen LogP contribution < -0.4 is 10.9 Å². The lowest BCUT2D eigenvalue weighted by Gasteiger charge is -2.35. The number of alkyl halides is 3. The van der Waals surface area contributed by atoms with Gasteiger partial charge in [0.05, 0.1) is 40.3 Å². The Labute approximate surface area is 199 Å². The number of nitrogens with one attached hydrogen (secondary N) is 2.